The number of carbonyl (C=O) groups excluding carboxylic acids is 2. The summed E-state index contributed by atoms with van der Waals surface area (Å²) in [6, 6.07) is 17.5. The van der Waals surface area contributed by atoms with Crippen molar-refractivity contribution in [2.24, 2.45) is 5.92 Å². The molecule has 0 saturated carbocycles. The Balaban J connectivity index is 1.57. The molecule has 3 heterocycles. The molecule has 1 saturated heterocycles. The first-order valence-electron chi connectivity index (χ1n) is 10.6. The van der Waals surface area contributed by atoms with Crippen molar-refractivity contribution in [1.29, 1.82) is 0 Å². The minimum Gasteiger partial charge on any atom is -0.341 e. The van der Waals surface area contributed by atoms with Gasteiger partial charge in [-0.05, 0) is 48.2 Å². The van der Waals surface area contributed by atoms with Crippen LogP contribution in [0.2, 0.25) is 0 Å². The Morgan fingerprint density at radius 1 is 1.03 bits per heavy atom. The maximum Gasteiger partial charge on any atom is 0.272 e. The summed E-state index contributed by atoms with van der Waals surface area (Å²) in [6.45, 7) is 4.06. The SMILES string of the molecule is CCN1CCN(C(=O)c2ccccn2)C[C@@H](Cc2cccc(-c3cccnc3)c2)C1=O. The second-order valence-electron chi connectivity index (χ2n) is 7.73. The zero-order valence-corrected chi connectivity index (χ0v) is 17.6. The van der Waals surface area contributed by atoms with Crippen LogP contribution < -0.4 is 0 Å². The van der Waals surface area contributed by atoms with Crippen LogP contribution in [-0.4, -0.2) is 57.8 Å². The molecule has 1 aromatic carbocycles. The third kappa shape index (κ3) is 4.79. The lowest BCUT2D eigenvalue weighted by molar-refractivity contribution is -0.134. The smallest absolute Gasteiger partial charge is 0.272 e. The predicted molar refractivity (Wildman–Crippen MR) is 119 cm³/mol. The average molecular weight is 415 g/mol. The van der Waals surface area contributed by atoms with Crippen molar-refractivity contribution in [3.63, 3.8) is 0 Å². The third-order valence-corrected chi connectivity index (χ3v) is 5.70. The summed E-state index contributed by atoms with van der Waals surface area (Å²) in [4.78, 5) is 38.2. The van der Waals surface area contributed by atoms with Gasteiger partial charge in [0.25, 0.3) is 5.91 Å². The van der Waals surface area contributed by atoms with E-state index >= 15 is 0 Å². The first-order valence-corrected chi connectivity index (χ1v) is 10.6. The number of likely N-dealkylation sites (N-methyl/N-ethyl adjacent to an activating group) is 1. The number of benzene rings is 1. The molecule has 0 N–H and O–H groups in total. The molecule has 0 bridgehead atoms. The van der Waals surface area contributed by atoms with Gasteiger partial charge in [0.2, 0.25) is 5.91 Å². The minimum absolute atomic E-state index is 0.102. The molecule has 1 fully saturated rings. The molecule has 0 radical (unpaired) electrons. The van der Waals surface area contributed by atoms with Gasteiger partial charge in [0.05, 0.1) is 5.92 Å². The van der Waals surface area contributed by atoms with Gasteiger partial charge in [0.15, 0.2) is 0 Å². The van der Waals surface area contributed by atoms with E-state index in [2.05, 4.69) is 16.0 Å². The number of nitrogens with zero attached hydrogens (tertiary/aromatic N) is 4. The summed E-state index contributed by atoms with van der Waals surface area (Å²) in [6.07, 6.45) is 5.79. The summed E-state index contributed by atoms with van der Waals surface area (Å²) < 4.78 is 0. The monoisotopic (exact) mass is 414 g/mol. The van der Waals surface area contributed by atoms with Gasteiger partial charge in [-0.3, -0.25) is 19.6 Å². The van der Waals surface area contributed by atoms with Crippen molar-refractivity contribution in [2.45, 2.75) is 13.3 Å². The average Bonchev–Trinajstić information content (AvgIpc) is 2.98. The van der Waals surface area contributed by atoms with Crippen molar-refractivity contribution in [3.05, 3.63) is 84.4 Å². The first kappa shape index (κ1) is 20.7. The van der Waals surface area contributed by atoms with E-state index in [4.69, 9.17) is 0 Å². The van der Waals surface area contributed by atoms with E-state index in [9.17, 15) is 9.59 Å². The Labute approximate surface area is 182 Å². The van der Waals surface area contributed by atoms with E-state index in [-0.39, 0.29) is 17.7 Å². The van der Waals surface area contributed by atoms with E-state index in [1.807, 2.05) is 54.4 Å². The van der Waals surface area contributed by atoms with Crippen LogP contribution in [0.4, 0.5) is 0 Å². The van der Waals surface area contributed by atoms with Crippen LogP contribution in [0, 0.1) is 5.92 Å². The minimum atomic E-state index is -0.292. The normalized spacial score (nSPS) is 16.8. The summed E-state index contributed by atoms with van der Waals surface area (Å²) >= 11 is 0. The summed E-state index contributed by atoms with van der Waals surface area (Å²) in [5, 5.41) is 0. The van der Waals surface area contributed by atoms with Crippen molar-refractivity contribution < 1.29 is 9.59 Å². The Hall–Kier alpha value is -3.54. The molecular formula is C25H26N4O2. The van der Waals surface area contributed by atoms with Gasteiger partial charge in [0, 0.05) is 44.8 Å². The van der Waals surface area contributed by atoms with Crippen molar-refractivity contribution in [2.75, 3.05) is 26.2 Å². The Morgan fingerprint density at radius 2 is 1.90 bits per heavy atom. The highest BCUT2D eigenvalue weighted by molar-refractivity contribution is 5.93. The largest absolute Gasteiger partial charge is 0.341 e. The Bertz CT molecular complexity index is 1040. The van der Waals surface area contributed by atoms with Gasteiger partial charge in [-0.25, -0.2) is 0 Å². The summed E-state index contributed by atoms with van der Waals surface area (Å²) in [7, 11) is 0. The second-order valence-corrected chi connectivity index (χ2v) is 7.73. The van der Waals surface area contributed by atoms with Crippen molar-refractivity contribution in [3.8, 4) is 11.1 Å². The molecule has 4 rings (SSSR count). The molecule has 0 aliphatic carbocycles. The first-order chi connectivity index (χ1) is 15.2. The fourth-order valence-corrected chi connectivity index (χ4v) is 4.04. The van der Waals surface area contributed by atoms with E-state index in [0.717, 1.165) is 16.7 Å². The molecule has 3 aromatic rings. The van der Waals surface area contributed by atoms with Gasteiger partial charge >= 0.3 is 0 Å². The zero-order chi connectivity index (χ0) is 21.6. The van der Waals surface area contributed by atoms with Gasteiger partial charge < -0.3 is 9.80 Å². The summed E-state index contributed by atoms with van der Waals surface area (Å²) in [5.41, 5.74) is 3.60. The molecule has 6 heteroatoms. The quantitative estimate of drug-likeness (QED) is 0.643. The van der Waals surface area contributed by atoms with E-state index in [1.165, 1.54) is 0 Å². The summed E-state index contributed by atoms with van der Waals surface area (Å²) in [5.74, 6) is -0.315. The number of amides is 2. The lowest BCUT2D eigenvalue weighted by atomic mass is 9.95. The number of rotatable bonds is 5. The standard InChI is InChI=1S/C25H26N4O2/c1-2-28-13-14-29(25(31)23-10-3-4-12-27-23)18-22(24(28)30)16-19-7-5-8-20(15-19)21-9-6-11-26-17-21/h3-12,15,17,22H,2,13-14,16,18H2,1H3/t22-/m1/s1. The van der Waals surface area contributed by atoms with E-state index < -0.39 is 0 Å². The van der Waals surface area contributed by atoms with E-state index in [0.29, 0.717) is 38.3 Å². The fraction of sp³-hybridized carbons (Fsp3) is 0.280. The molecule has 31 heavy (non-hydrogen) atoms. The Kier molecular flexibility index (Phi) is 6.36. The molecule has 158 valence electrons. The van der Waals surface area contributed by atoms with E-state index in [1.54, 1.807) is 29.4 Å². The topological polar surface area (TPSA) is 66.4 Å². The van der Waals surface area contributed by atoms with Crippen LogP contribution in [-0.2, 0) is 11.2 Å². The molecular weight excluding hydrogens is 388 g/mol. The number of aromatic nitrogens is 2. The molecule has 1 aliphatic heterocycles. The van der Waals surface area contributed by atoms with Crippen LogP contribution in [0.3, 0.4) is 0 Å². The van der Waals surface area contributed by atoms with Gasteiger partial charge in [-0.2, -0.15) is 0 Å². The molecule has 6 nitrogen and oxygen atoms in total. The van der Waals surface area contributed by atoms with Crippen LogP contribution >= 0.6 is 0 Å². The highest BCUT2D eigenvalue weighted by atomic mass is 16.2. The fourth-order valence-electron chi connectivity index (χ4n) is 4.04. The van der Waals surface area contributed by atoms with Gasteiger partial charge in [-0.15, -0.1) is 0 Å². The van der Waals surface area contributed by atoms with Crippen LogP contribution in [0.25, 0.3) is 11.1 Å². The molecule has 2 aromatic heterocycles. The Morgan fingerprint density at radius 3 is 2.65 bits per heavy atom. The number of hydrogen-bond acceptors (Lipinski definition) is 4. The molecule has 1 aliphatic rings. The maximum atomic E-state index is 13.2. The van der Waals surface area contributed by atoms with Crippen molar-refractivity contribution >= 4 is 11.8 Å². The van der Waals surface area contributed by atoms with Gasteiger partial charge in [0.1, 0.15) is 5.69 Å². The molecule has 1 atom stereocenters. The van der Waals surface area contributed by atoms with Crippen LogP contribution in [0.1, 0.15) is 23.0 Å². The van der Waals surface area contributed by atoms with Crippen molar-refractivity contribution in [1.82, 2.24) is 19.8 Å². The lowest BCUT2D eigenvalue weighted by Gasteiger charge is -2.23. The third-order valence-electron chi connectivity index (χ3n) is 5.70. The number of carbonyl (C=O) groups is 2. The molecule has 0 spiro atoms. The highest BCUT2D eigenvalue weighted by Gasteiger charge is 2.32. The zero-order valence-electron chi connectivity index (χ0n) is 17.6. The second kappa shape index (κ2) is 9.51. The lowest BCUT2D eigenvalue weighted by Crippen LogP contribution is -2.38. The number of hydrogen-bond donors (Lipinski definition) is 0. The van der Waals surface area contributed by atoms with Crippen LogP contribution in [0.5, 0.6) is 0 Å². The molecule has 0 unspecified atom stereocenters. The maximum absolute atomic E-state index is 13.2. The number of pyridine rings is 2. The predicted octanol–water partition coefficient (Wildman–Crippen LogP) is 3.31. The molecule has 2 amide bonds. The highest BCUT2D eigenvalue weighted by Crippen LogP contribution is 2.23. The van der Waals surface area contributed by atoms with Gasteiger partial charge in [-0.1, -0.05) is 36.4 Å². The van der Waals surface area contributed by atoms with Crippen LogP contribution in [0.15, 0.2) is 73.2 Å².